The van der Waals surface area contributed by atoms with Gasteiger partial charge in [-0.1, -0.05) is 12.8 Å². The van der Waals surface area contributed by atoms with E-state index in [0.717, 1.165) is 12.1 Å². The van der Waals surface area contributed by atoms with E-state index in [1.807, 2.05) is 4.72 Å². The van der Waals surface area contributed by atoms with E-state index in [9.17, 15) is 30.8 Å². The lowest BCUT2D eigenvalue weighted by Gasteiger charge is -2.33. The molecule has 0 saturated heterocycles. The Labute approximate surface area is 135 Å². The van der Waals surface area contributed by atoms with Gasteiger partial charge in [0, 0.05) is 6.04 Å². The van der Waals surface area contributed by atoms with E-state index < -0.39 is 50.4 Å². The normalized spacial score (nSPS) is 22.3. The SMILES string of the molecule is O=C(O)c1ccc(S(=O)(=O)N[C@@H]2CCCC[C@@H]2C(F)(F)F)c(F)c1. The van der Waals surface area contributed by atoms with Crippen molar-refractivity contribution in [3.05, 3.63) is 29.6 Å². The summed E-state index contributed by atoms with van der Waals surface area (Å²) >= 11 is 0. The Morgan fingerprint density at radius 1 is 1.21 bits per heavy atom. The molecule has 0 aromatic heterocycles. The number of benzene rings is 1. The monoisotopic (exact) mass is 369 g/mol. The Morgan fingerprint density at radius 3 is 2.38 bits per heavy atom. The molecule has 24 heavy (non-hydrogen) atoms. The highest BCUT2D eigenvalue weighted by molar-refractivity contribution is 7.89. The molecular weight excluding hydrogens is 354 g/mol. The van der Waals surface area contributed by atoms with Crippen molar-refractivity contribution >= 4 is 16.0 Å². The summed E-state index contributed by atoms with van der Waals surface area (Å²) < 4.78 is 79.3. The first-order valence-electron chi connectivity index (χ1n) is 7.14. The molecule has 2 rings (SSSR count). The number of sulfonamides is 1. The molecule has 0 bridgehead atoms. The summed E-state index contributed by atoms with van der Waals surface area (Å²) in [6, 6.07) is 0.746. The number of hydrogen-bond donors (Lipinski definition) is 2. The Balaban J connectivity index is 2.29. The predicted molar refractivity (Wildman–Crippen MR) is 75.5 cm³/mol. The van der Waals surface area contributed by atoms with Crippen molar-refractivity contribution in [3.8, 4) is 0 Å². The van der Waals surface area contributed by atoms with Gasteiger partial charge in [-0.3, -0.25) is 0 Å². The van der Waals surface area contributed by atoms with Crippen LogP contribution in [0.25, 0.3) is 0 Å². The van der Waals surface area contributed by atoms with Gasteiger partial charge in [-0.25, -0.2) is 22.3 Å². The summed E-state index contributed by atoms with van der Waals surface area (Å²) in [6.45, 7) is 0. The van der Waals surface area contributed by atoms with Gasteiger partial charge in [0.15, 0.2) is 0 Å². The summed E-state index contributed by atoms with van der Waals surface area (Å²) in [5.41, 5.74) is -0.461. The largest absolute Gasteiger partial charge is 0.478 e. The van der Waals surface area contributed by atoms with Gasteiger partial charge in [-0.05, 0) is 31.0 Å². The minimum Gasteiger partial charge on any atom is -0.478 e. The van der Waals surface area contributed by atoms with Crippen molar-refractivity contribution in [1.82, 2.24) is 4.72 Å². The van der Waals surface area contributed by atoms with Crippen LogP contribution in [0.5, 0.6) is 0 Å². The minimum atomic E-state index is -4.56. The van der Waals surface area contributed by atoms with E-state index in [2.05, 4.69) is 0 Å². The first-order valence-corrected chi connectivity index (χ1v) is 8.62. The number of nitrogens with one attached hydrogen (secondary N) is 1. The molecule has 0 aliphatic heterocycles. The van der Waals surface area contributed by atoms with Gasteiger partial charge < -0.3 is 5.11 Å². The molecule has 5 nitrogen and oxygen atoms in total. The van der Waals surface area contributed by atoms with Crippen LogP contribution < -0.4 is 4.72 Å². The summed E-state index contributed by atoms with van der Waals surface area (Å²) in [6.07, 6.45) is -3.99. The van der Waals surface area contributed by atoms with E-state index in [1.54, 1.807) is 0 Å². The second-order valence-corrected chi connectivity index (χ2v) is 7.29. The number of rotatable bonds is 4. The number of carbonyl (C=O) groups is 1. The molecule has 1 aliphatic rings. The predicted octanol–water partition coefficient (Wildman–Crippen LogP) is 2.92. The maximum Gasteiger partial charge on any atom is 0.393 e. The van der Waals surface area contributed by atoms with Gasteiger partial charge in [0.1, 0.15) is 10.7 Å². The number of hydrogen-bond acceptors (Lipinski definition) is 3. The highest BCUT2D eigenvalue weighted by Gasteiger charge is 2.46. The van der Waals surface area contributed by atoms with E-state index in [0.29, 0.717) is 18.9 Å². The zero-order valence-corrected chi connectivity index (χ0v) is 13.1. The molecule has 1 saturated carbocycles. The lowest BCUT2D eigenvalue weighted by Crippen LogP contribution is -2.47. The van der Waals surface area contributed by atoms with Gasteiger partial charge in [0.05, 0.1) is 11.5 Å². The van der Waals surface area contributed by atoms with Crippen molar-refractivity contribution in [3.63, 3.8) is 0 Å². The molecule has 1 fully saturated rings. The molecule has 2 atom stereocenters. The van der Waals surface area contributed by atoms with Gasteiger partial charge in [0.2, 0.25) is 10.0 Å². The molecule has 0 unspecified atom stereocenters. The third-order valence-corrected chi connectivity index (χ3v) is 5.48. The van der Waals surface area contributed by atoms with Crippen molar-refractivity contribution in [1.29, 1.82) is 0 Å². The van der Waals surface area contributed by atoms with Crippen LogP contribution >= 0.6 is 0 Å². The van der Waals surface area contributed by atoms with Crippen LogP contribution in [-0.4, -0.2) is 31.7 Å². The summed E-state index contributed by atoms with van der Waals surface area (Å²) in [4.78, 5) is 9.85. The highest BCUT2D eigenvalue weighted by Crippen LogP contribution is 2.38. The first-order chi connectivity index (χ1) is 11.0. The standard InChI is InChI=1S/C14H15F4NO4S/c15-10-7-8(13(20)21)5-6-12(10)24(22,23)19-11-4-2-1-3-9(11)14(16,17)18/h5-7,9,11,19H,1-4H2,(H,20,21)/t9-,11+/m0/s1. The molecular formula is C14H15F4NO4S. The molecule has 2 N–H and O–H groups in total. The van der Waals surface area contributed by atoms with Gasteiger partial charge in [-0.2, -0.15) is 13.2 Å². The molecule has 0 spiro atoms. The molecule has 0 amide bonds. The third kappa shape index (κ3) is 4.04. The molecule has 1 aliphatic carbocycles. The Bertz CT molecular complexity index is 733. The zero-order valence-electron chi connectivity index (χ0n) is 12.3. The lowest BCUT2D eigenvalue weighted by molar-refractivity contribution is -0.187. The first kappa shape index (κ1) is 18.7. The summed E-state index contributed by atoms with van der Waals surface area (Å²) in [5.74, 6) is -4.61. The second-order valence-electron chi connectivity index (χ2n) is 5.61. The Morgan fingerprint density at radius 2 is 1.83 bits per heavy atom. The number of halogens is 4. The quantitative estimate of drug-likeness (QED) is 0.800. The maximum absolute atomic E-state index is 13.9. The van der Waals surface area contributed by atoms with Crippen LogP contribution in [0.1, 0.15) is 36.0 Å². The van der Waals surface area contributed by atoms with Gasteiger partial charge in [0.25, 0.3) is 0 Å². The van der Waals surface area contributed by atoms with E-state index in [1.165, 1.54) is 0 Å². The average molecular weight is 369 g/mol. The second kappa shape index (κ2) is 6.67. The third-order valence-electron chi connectivity index (χ3n) is 3.96. The van der Waals surface area contributed by atoms with Gasteiger partial charge in [-0.15, -0.1) is 0 Å². The van der Waals surface area contributed by atoms with Crippen LogP contribution in [0.15, 0.2) is 23.1 Å². The molecule has 1 aromatic carbocycles. The fourth-order valence-corrected chi connectivity index (χ4v) is 4.15. The van der Waals surface area contributed by atoms with E-state index in [-0.39, 0.29) is 12.8 Å². The average Bonchev–Trinajstić information content (AvgIpc) is 2.45. The van der Waals surface area contributed by atoms with Crippen LogP contribution in [0.3, 0.4) is 0 Å². The van der Waals surface area contributed by atoms with E-state index in [4.69, 9.17) is 5.11 Å². The topological polar surface area (TPSA) is 83.5 Å². The number of aromatic carboxylic acids is 1. The lowest BCUT2D eigenvalue weighted by atomic mass is 9.85. The highest BCUT2D eigenvalue weighted by atomic mass is 32.2. The fourth-order valence-electron chi connectivity index (χ4n) is 2.78. The van der Waals surface area contributed by atoms with E-state index >= 15 is 0 Å². The maximum atomic E-state index is 13.9. The smallest absolute Gasteiger partial charge is 0.393 e. The molecule has 1 aromatic rings. The van der Waals surface area contributed by atoms with Crippen LogP contribution in [-0.2, 0) is 10.0 Å². The zero-order chi connectivity index (χ0) is 18.1. The molecule has 10 heteroatoms. The number of carboxylic acids is 1. The van der Waals surface area contributed by atoms with Gasteiger partial charge >= 0.3 is 12.1 Å². The van der Waals surface area contributed by atoms with Crippen molar-refractivity contribution in [2.24, 2.45) is 5.92 Å². The summed E-state index contributed by atoms with van der Waals surface area (Å²) in [5, 5.41) is 8.73. The number of alkyl halides is 3. The van der Waals surface area contributed by atoms with Crippen molar-refractivity contribution in [2.45, 2.75) is 42.8 Å². The van der Waals surface area contributed by atoms with Crippen molar-refractivity contribution in [2.75, 3.05) is 0 Å². The van der Waals surface area contributed by atoms with Crippen molar-refractivity contribution < 1.29 is 35.9 Å². The Kier molecular flexibility index (Phi) is 5.19. The number of carboxylic acid groups (broad SMARTS) is 1. The van der Waals surface area contributed by atoms with Crippen LogP contribution in [0, 0.1) is 11.7 Å². The molecule has 134 valence electrons. The summed E-state index contributed by atoms with van der Waals surface area (Å²) in [7, 11) is -4.54. The fraction of sp³-hybridized carbons (Fsp3) is 0.500. The Hall–Kier alpha value is -1.68. The molecule has 0 heterocycles. The minimum absolute atomic E-state index is 0.00175. The van der Waals surface area contributed by atoms with Crippen LogP contribution in [0.2, 0.25) is 0 Å². The van der Waals surface area contributed by atoms with Crippen LogP contribution in [0.4, 0.5) is 17.6 Å². The molecule has 0 radical (unpaired) electrons.